The van der Waals surface area contributed by atoms with Gasteiger partial charge >= 0.3 is 0 Å². The Hall–Kier alpha value is -1.89. The van der Waals surface area contributed by atoms with Crippen molar-refractivity contribution in [2.75, 3.05) is 19.6 Å². The first-order valence-corrected chi connectivity index (χ1v) is 12.3. The van der Waals surface area contributed by atoms with Gasteiger partial charge in [-0.15, -0.1) is 0 Å². The van der Waals surface area contributed by atoms with E-state index in [1.807, 2.05) is 18.0 Å². The van der Waals surface area contributed by atoms with Gasteiger partial charge in [0.15, 0.2) is 0 Å². The molecule has 1 saturated carbocycles. The Labute approximate surface area is 185 Å². The molecule has 3 heterocycles. The maximum atomic E-state index is 13.0. The SMILES string of the molecule is CCCc1cc(C(=O)N2CCC3(CC[C@@H](CNC(=O)C4CCCCC4)O3)CC2)n(C)n1. The van der Waals surface area contributed by atoms with Crippen molar-refractivity contribution in [1.82, 2.24) is 20.0 Å². The molecule has 0 radical (unpaired) electrons. The molecular weight excluding hydrogens is 392 g/mol. The molecule has 172 valence electrons. The normalized spacial score (nSPS) is 23.9. The highest BCUT2D eigenvalue weighted by Gasteiger charge is 2.43. The van der Waals surface area contributed by atoms with Crippen LogP contribution in [0.3, 0.4) is 0 Å². The van der Waals surface area contributed by atoms with Gasteiger partial charge < -0.3 is 15.0 Å². The van der Waals surface area contributed by atoms with Crippen LogP contribution in [0.5, 0.6) is 0 Å². The second-order valence-corrected chi connectivity index (χ2v) is 9.73. The number of amides is 2. The maximum absolute atomic E-state index is 13.0. The molecule has 31 heavy (non-hydrogen) atoms. The number of ether oxygens (including phenoxy) is 1. The smallest absolute Gasteiger partial charge is 0.272 e. The monoisotopic (exact) mass is 430 g/mol. The molecule has 2 amide bonds. The fourth-order valence-corrected chi connectivity index (χ4v) is 5.51. The minimum Gasteiger partial charge on any atom is -0.370 e. The number of piperidine rings is 1. The topological polar surface area (TPSA) is 76.5 Å². The zero-order chi connectivity index (χ0) is 21.8. The van der Waals surface area contributed by atoms with Crippen molar-refractivity contribution in [3.05, 3.63) is 17.5 Å². The number of nitrogens with zero attached hydrogens (tertiary/aromatic N) is 3. The first-order chi connectivity index (χ1) is 15.0. The average molecular weight is 431 g/mol. The van der Waals surface area contributed by atoms with Crippen LogP contribution in [0.4, 0.5) is 0 Å². The van der Waals surface area contributed by atoms with E-state index in [1.165, 1.54) is 19.3 Å². The summed E-state index contributed by atoms with van der Waals surface area (Å²) < 4.78 is 8.17. The van der Waals surface area contributed by atoms with Crippen LogP contribution in [0.1, 0.15) is 87.3 Å². The highest BCUT2D eigenvalue weighted by Crippen LogP contribution is 2.39. The largest absolute Gasteiger partial charge is 0.370 e. The quantitative estimate of drug-likeness (QED) is 0.752. The van der Waals surface area contributed by atoms with Crippen LogP contribution in [-0.2, 0) is 23.0 Å². The van der Waals surface area contributed by atoms with Gasteiger partial charge in [-0.3, -0.25) is 14.3 Å². The van der Waals surface area contributed by atoms with E-state index in [4.69, 9.17) is 4.74 Å². The Bertz CT molecular complexity index is 776. The van der Waals surface area contributed by atoms with Crippen LogP contribution in [-0.4, -0.2) is 57.8 Å². The van der Waals surface area contributed by atoms with E-state index in [9.17, 15) is 9.59 Å². The number of carbonyl (C=O) groups excluding carboxylic acids is 2. The lowest BCUT2D eigenvalue weighted by atomic mass is 9.88. The van der Waals surface area contributed by atoms with Crippen molar-refractivity contribution in [2.24, 2.45) is 13.0 Å². The zero-order valence-corrected chi connectivity index (χ0v) is 19.2. The Kier molecular flexibility index (Phi) is 6.99. The maximum Gasteiger partial charge on any atom is 0.272 e. The van der Waals surface area contributed by atoms with E-state index in [0.29, 0.717) is 25.3 Å². The second-order valence-electron chi connectivity index (χ2n) is 9.73. The van der Waals surface area contributed by atoms with Crippen LogP contribution in [0.2, 0.25) is 0 Å². The Morgan fingerprint density at radius 1 is 1.16 bits per heavy atom. The predicted molar refractivity (Wildman–Crippen MR) is 119 cm³/mol. The van der Waals surface area contributed by atoms with E-state index < -0.39 is 0 Å². The molecule has 1 aromatic heterocycles. The molecule has 2 saturated heterocycles. The van der Waals surface area contributed by atoms with E-state index in [-0.39, 0.29) is 29.4 Å². The number of carbonyl (C=O) groups is 2. The zero-order valence-electron chi connectivity index (χ0n) is 19.2. The summed E-state index contributed by atoms with van der Waals surface area (Å²) in [6.07, 6.45) is 11.4. The first-order valence-electron chi connectivity index (χ1n) is 12.3. The number of rotatable bonds is 6. The summed E-state index contributed by atoms with van der Waals surface area (Å²) in [6, 6.07) is 1.94. The van der Waals surface area contributed by atoms with Crippen molar-refractivity contribution in [1.29, 1.82) is 0 Å². The lowest BCUT2D eigenvalue weighted by Crippen LogP contribution is -2.47. The summed E-state index contributed by atoms with van der Waals surface area (Å²) >= 11 is 0. The van der Waals surface area contributed by atoms with E-state index in [0.717, 1.165) is 57.1 Å². The number of nitrogens with one attached hydrogen (secondary N) is 1. The molecule has 1 atom stereocenters. The third-order valence-electron chi connectivity index (χ3n) is 7.44. The summed E-state index contributed by atoms with van der Waals surface area (Å²) in [6.45, 7) is 4.17. The van der Waals surface area contributed by atoms with E-state index in [2.05, 4.69) is 17.3 Å². The van der Waals surface area contributed by atoms with Gasteiger partial charge in [0, 0.05) is 32.6 Å². The van der Waals surface area contributed by atoms with Crippen LogP contribution in [0, 0.1) is 5.92 Å². The Balaban J connectivity index is 1.25. The molecule has 1 spiro atoms. The minimum atomic E-state index is -0.128. The van der Waals surface area contributed by atoms with Gasteiger partial charge in [0.2, 0.25) is 5.91 Å². The van der Waals surface area contributed by atoms with Crippen LogP contribution < -0.4 is 5.32 Å². The predicted octanol–water partition coefficient (Wildman–Crippen LogP) is 3.22. The van der Waals surface area contributed by atoms with Gasteiger partial charge in [-0.2, -0.15) is 5.10 Å². The van der Waals surface area contributed by atoms with Gasteiger partial charge in [-0.05, 0) is 51.0 Å². The van der Waals surface area contributed by atoms with Crippen molar-refractivity contribution in [2.45, 2.75) is 89.3 Å². The Morgan fingerprint density at radius 2 is 1.90 bits per heavy atom. The van der Waals surface area contributed by atoms with E-state index in [1.54, 1.807) is 4.68 Å². The average Bonchev–Trinajstić information content (AvgIpc) is 3.36. The Morgan fingerprint density at radius 3 is 2.61 bits per heavy atom. The fourth-order valence-electron chi connectivity index (χ4n) is 5.51. The van der Waals surface area contributed by atoms with Crippen molar-refractivity contribution in [3.8, 4) is 0 Å². The van der Waals surface area contributed by atoms with Crippen molar-refractivity contribution < 1.29 is 14.3 Å². The number of aryl methyl sites for hydroxylation is 2. The number of likely N-dealkylation sites (tertiary alicyclic amines) is 1. The highest BCUT2D eigenvalue weighted by atomic mass is 16.5. The third kappa shape index (κ3) is 5.13. The minimum absolute atomic E-state index is 0.0708. The third-order valence-corrected chi connectivity index (χ3v) is 7.44. The molecule has 3 fully saturated rings. The number of hydrogen-bond acceptors (Lipinski definition) is 4. The lowest BCUT2D eigenvalue weighted by Gasteiger charge is -2.39. The summed E-state index contributed by atoms with van der Waals surface area (Å²) in [7, 11) is 1.85. The number of aromatic nitrogens is 2. The second kappa shape index (κ2) is 9.72. The summed E-state index contributed by atoms with van der Waals surface area (Å²) in [5.41, 5.74) is 1.53. The van der Waals surface area contributed by atoms with Gasteiger partial charge in [0.05, 0.1) is 17.4 Å². The summed E-state index contributed by atoms with van der Waals surface area (Å²) in [4.78, 5) is 27.4. The molecule has 0 aromatic carbocycles. The molecular formula is C24H38N4O3. The summed E-state index contributed by atoms with van der Waals surface area (Å²) in [5.74, 6) is 0.480. The van der Waals surface area contributed by atoms with Gasteiger partial charge in [-0.1, -0.05) is 32.6 Å². The molecule has 1 aromatic rings. The van der Waals surface area contributed by atoms with Gasteiger partial charge in [0.25, 0.3) is 5.91 Å². The van der Waals surface area contributed by atoms with Gasteiger partial charge in [-0.25, -0.2) is 0 Å². The van der Waals surface area contributed by atoms with Crippen molar-refractivity contribution in [3.63, 3.8) is 0 Å². The van der Waals surface area contributed by atoms with Crippen molar-refractivity contribution >= 4 is 11.8 Å². The first kappa shape index (κ1) is 22.3. The fraction of sp³-hybridized carbons (Fsp3) is 0.792. The molecule has 1 N–H and O–H groups in total. The molecule has 4 rings (SSSR count). The van der Waals surface area contributed by atoms with Crippen LogP contribution in [0.25, 0.3) is 0 Å². The standard InChI is InChI=1S/C24H38N4O3/c1-3-7-19-16-21(27(2)26-19)23(30)28-14-12-24(13-15-28)11-10-20(31-24)17-25-22(29)18-8-5-4-6-9-18/h16,18,20H,3-15,17H2,1-2H3,(H,25,29)/t20-/m0/s1. The lowest BCUT2D eigenvalue weighted by molar-refractivity contribution is -0.127. The highest BCUT2D eigenvalue weighted by molar-refractivity contribution is 5.92. The molecule has 0 unspecified atom stereocenters. The van der Waals surface area contributed by atoms with E-state index >= 15 is 0 Å². The molecule has 2 aliphatic heterocycles. The van der Waals surface area contributed by atoms with Crippen LogP contribution >= 0.6 is 0 Å². The molecule has 7 nitrogen and oxygen atoms in total. The molecule has 7 heteroatoms. The van der Waals surface area contributed by atoms with Crippen LogP contribution in [0.15, 0.2) is 6.07 Å². The van der Waals surface area contributed by atoms with Gasteiger partial charge in [0.1, 0.15) is 5.69 Å². The number of hydrogen-bond donors (Lipinski definition) is 1. The summed E-state index contributed by atoms with van der Waals surface area (Å²) in [5, 5.41) is 7.62. The molecule has 3 aliphatic rings. The molecule has 1 aliphatic carbocycles. The molecule has 0 bridgehead atoms.